The molecule has 1 aromatic heterocycles. The minimum Gasteiger partial charge on any atom is -0.441 e. The van der Waals surface area contributed by atoms with Crippen molar-refractivity contribution in [3.63, 3.8) is 0 Å². The van der Waals surface area contributed by atoms with Crippen molar-refractivity contribution in [1.82, 2.24) is 4.98 Å². The van der Waals surface area contributed by atoms with E-state index < -0.39 is 9.84 Å². The second-order valence-corrected chi connectivity index (χ2v) is 7.07. The Morgan fingerprint density at radius 3 is 2.48 bits per heavy atom. The van der Waals surface area contributed by atoms with E-state index in [2.05, 4.69) is 4.98 Å². The van der Waals surface area contributed by atoms with Gasteiger partial charge in [0.1, 0.15) is 5.52 Å². The summed E-state index contributed by atoms with van der Waals surface area (Å²) in [5, 5.41) is 0. The van der Waals surface area contributed by atoms with Crippen molar-refractivity contribution in [1.29, 1.82) is 0 Å². The largest absolute Gasteiger partial charge is 0.441 e. The number of oxazole rings is 1. The standard InChI is InChI=1S/C16H15NO3S/c1-12-6-8-13(9-7-12)21(18,19)11-10-16-17-14-4-2-3-5-15(14)20-16/h2-9H,10-11H2,1H3. The van der Waals surface area contributed by atoms with Crippen LogP contribution in [0.25, 0.3) is 11.1 Å². The molecule has 1 heterocycles. The molecule has 0 amide bonds. The summed E-state index contributed by atoms with van der Waals surface area (Å²) < 4.78 is 30.1. The van der Waals surface area contributed by atoms with Crippen LogP contribution in [0.15, 0.2) is 57.8 Å². The number of sulfone groups is 1. The molecule has 4 nitrogen and oxygen atoms in total. The average molecular weight is 301 g/mol. The highest BCUT2D eigenvalue weighted by molar-refractivity contribution is 7.91. The molecule has 3 rings (SSSR count). The van der Waals surface area contributed by atoms with Gasteiger partial charge >= 0.3 is 0 Å². The van der Waals surface area contributed by atoms with Gasteiger partial charge in [-0.2, -0.15) is 0 Å². The second kappa shape index (κ2) is 5.33. The number of hydrogen-bond donors (Lipinski definition) is 0. The normalized spacial score (nSPS) is 11.9. The topological polar surface area (TPSA) is 60.2 Å². The maximum absolute atomic E-state index is 12.3. The van der Waals surface area contributed by atoms with Crippen LogP contribution in [0.2, 0.25) is 0 Å². The van der Waals surface area contributed by atoms with Crippen LogP contribution < -0.4 is 0 Å². The molecule has 0 bridgehead atoms. The fourth-order valence-electron chi connectivity index (χ4n) is 2.11. The number of aromatic nitrogens is 1. The van der Waals surface area contributed by atoms with Gasteiger partial charge in [-0.1, -0.05) is 29.8 Å². The molecular formula is C16H15NO3S. The summed E-state index contributed by atoms with van der Waals surface area (Å²) in [6, 6.07) is 14.3. The van der Waals surface area contributed by atoms with E-state index in [1.807, 2.05) is 31.2 Å². The Hall–Kier alpha value is -2.14. The van der Waals surface area contributed by atoms with Gasteiger partial charge in [-0.15, -0.1) is 0 Å². The molecule has 0 aliphatic heterocycles. The van der Waals surface area contributed by atoms with E-state index in [1.54, 1.807) is 24.3 Å². The fourth-order valence-corrected chi connectivity index (χ4v) is 3.34. The van der Waals surface area contributed by atoms with E-state index in [4.69, 9.17) is 4.42 Å². The predicted molar refractivity (Wildman–Crippen MR) is 80.9 cm³/mol. The van der Waals surface area contributed by atoms with Crippen molar-refractivity contribution in [2.24, 2.45) is 0 Å². The molecule has 21 heavy (non-hydrogen) atoms. The van der Waals surface area contributed by atoms with E-state index in [0.717, 1.165) is 11.1 Å². The minimum absolute atomic E-state index is 0.0110. The molecule has 0 N–H and O–H groups in total. The SMILES string of the molecule is Cc1ccc(S(=O)(=O)CCc2nc3ccccc3o2)cc1. The van der Waals surface area contributed by atoms with Gasteiger partial charge in [0.2, 0.25) is 0 Å². The lowest BCUT2D eigenvalue weighted by Gasteiger charge is -2.03. The first kappa shape index (κ1) is 13.8. The van der Waals surface area contributed by atoms with Crippen LogP contribution in [0.1, 0.15) is 11.5 Å². The number of hydrogen-bond acceptors (Lipinski definition) is 4. The Labute approximate surface area is 123 Å². The summed E-state index contributed by atoms with van der Waals surface area (Å²) in [6.45, 7) is 1.93. The summed E-state index contributed by atoms with van der Waals surface area (Å²) >= 11 is 0. The number of rotatable bonds is 4. The third kappa shape index (κ3) is 2.97. The lowest BCUT2D eigenvalue weighted by atomic mass is 10.2. The predicted octanol–water partition coefficient (Wildman–Crippen LogP) is 3.15. The lowest BCUT2D eigenvalue weighted by molar-refractivity contribution is 0.533. The molecule has 0 saturated carbocycles. The number of nitrogens with zero attached hydrogens (tertiary/aromatic N) is 1. The van der Waals surface area contributed by atoms with Crippen molar-refractivity contribution in [3.8, 4) is 0 Å². The van der Waals surface area contributed by atoms with Crippen molar-refractivity contribution in [3.05, 3.63) is 60.0 Å². The molecular weight excluding hydrogens is 286 g/mol. The van der Waals surface area contributed by atoms with E-state index in [0.29, 0.717) is 16.4 Å². The average Bonchev–Trinajstić information content (AvgIpc) is 2.89. The Balaban J connectivity index is 1.78. The summed E-state index contributed by atoms with van der Waals surface area (Å²) in [7, 11) is -3.31. The number of para-hydroxylation sites is 2. The molecule has 0 aliphatic rings. The van der Waals surface area contributed by atoms with E-state index in [-0.39, 0.29) is 12.2 Å². The highest BCUT2D eigenvalue weighted by atomic mass is 32.2. The molecule has 5 heteroatoms. The van der Waals surface area contributed by atoms with E-state index >= 15 is 0 Å². The first-order valence-corrected chi connectivity index (χ1v) is 8.34. The fraction of sp³-hybridized carbons (Fsp3) is 0.188. The highest BCUT2D eigenvalue weighted by Crippen LogP contribution is 2.17. The van der Waals surface area contributed by atoms with Gasteiger partial charge < -0.3 is 4.42 Å². The summed E-state index contributed by atoms with van der Waals surface area (Å²) in [5.41, 5.74) is 2.47. The second-order valence-electron chi connectivity index (χ2n) is 4.96. The number of benzene rings is 2. The lowest BCUT2D eigenvalue weighted by Crippen LogP contribution is -2.09. The molecule has 108 valence electrons. The van der Waals surface area contributed by atoms with Crippen molar-refractivity contribution in [2.45, 2.75) is 18.2 Å². The number of fused-ring (bicyclic) bond motifs is 1. The first-order chi connectivity index (χ1) is 10.0. The van der Waals surface area contributed by atoms with Gasteiger partial charge in [0.05, 0.1) is 10.6 Å². The molecule has 2 aromatic carbocycles. The van der Waals surface area contributed by atoms with Crippen LogP contribution in [0.5, 0.6) is 0 Å². The summed E-state index contributed by atoms with van der Waals surface area (Å²) in [4.78, 5) is 4.63. The molecule has 0 saturated heterocycles. The maximum Gasteiger partial charge on any atom is 0.196 e. The van der Waals surface area contributed by atoms with Crippen molar-refractivity contribution < 1.29 is 12.8 Å². The third-order valence-corrected chi connectivity index (χ3v) is 5.03. The van der Waals surface area contributed by atoms with E-state index in [9.17, 15) is 8.42 Å². The first-order valence-electron chi connectivity index (χ1n) is 6.68. The van der Waals surface area contributed by atoms with Crippen LogP contribution >= 0.6 is 0 Å². The zero-order valence-corrected chi connectivity index (χ0v) is 12.4. The smallest absolute Gasteiger partial charge is 0.196 e. The molecule has 0 radical (unpaired) electrons. The highest BCUT2D eigenvalue weighted by Gasteiger charge is 2.16. The van der Waals surface area contributed by atoms with Crippen LogP contribution in [0.4, 0.5) is 0 Å². The van der Waals surface area contributed by atoms with Crippen LogP contribution in [0, 0.1) is 6.92 Å². The molecule has 0 spiro atoms. The molecule has 3 aromatic rings. The monoisotopic (exact) mass is 301 g/mol. The minimum atomic E-state index is -3.31. The quantitative estimate of drug-likeness (QED) is 0.742. The zero-order valence-electron chi connectivity index (χ0n) is 11.6. The number of aryl methyl sites for hydroxylation is 2. The van der Waals surface area contributed by atoms with Crippen LogP contribution in [0.3, 0.4) is 0 Å². The Bertz CT molecular complexity index is 831. The zero-order chi connectivity index (χ0) is 14.9. The molecule has 0 fully saturated rings. The van der Waals surface area contributed by atoms with Gasteiger partial charge in [0.15, 0.2) is 21.3 Å². The van der Waals surface area contributed by atoms with Crippen molar-refractivity contribution >= 4 is 20.9 Å². The summed E-state index contributed by atoms with van der Waals surface area (Å²) in [6.07, 6.45) is 0.269. The Morgan fingerprint density at radius 1 is 1.05 bits per heavy atom. The Kier molecular flexibility index (Phi) is 3.51. The van der Waals surface area contributed by atoms with Gasteiger partial charge in [-0.25, -0.2) is 13.4 Å². The van der Waals surface area contributed by atoms with Gasteiger partial charge in [0, 0.05) is 6.42 Å². The maximum atomic E-state index is 12.3. The van der Waals surface area contributed by atoms with Gasteiger partial charge in [0.25, 0.3) is 0 Å². The third-order valence-electron chi connectivity index (χ3n) is 3.30. The van der Waals surface area contributed by atoms with Crippen molar-refractivity contribution in [2.75, 3.05) is 5.75 Å². The van der Waals surface area contributed by atoms with E-state index in [1.165, 1.54) is 0 Å². The Morgan fingerprint density at radius 2 is 1.76 bits per heavy atom. The summed E-state index contributed by atoms with van der Waals surface area (Å²) in [5.74, 6) is 0.440. The van der Waals surface area contributed by atoms with Gasteiger partial charge in [-0.05, 0) is 31.2 Å². The van der Waals surface area contributed by atoms with Crippen LogP contribution in [-0.4, -0.2) is 19.2 Å². The van der Waals surface area contributed by atoms with Crippen LogP contribution in [-0.2, 0) is 16.3 Å². The molecule has 0 atom stereocenters. The van der Waals surface area contributed by atoms with Gasteiger partial charge in [-0.3, -0.25) is 0 Å². The molecule has 0 aliphatic carbocycles. The molecule has 0 unspecified atom stereocenters.